The van der Waals surface area contributed by atoms with Gasteiger partial charge in [-0.05, 0) is 99.8 Å². The van der Waals surface area contributed by atoms with Gasteiger partial charge in [0.1, 0.15) is 11.3 Å². The van der Waals surface area contributed by atoms with E-state index in [-0.39, 0.29) is 5.91 Å². The Morgan fingerprint density at radius 1 is 1.07 bits per heavy atom. The van der Waals surface area contributed by atoms with E-state index < -0.39 is 0 Å². The molecule has 0 aromatic carbocycles. The van der Waals surface area contributed by atoms with Gasteiger partial charge in [-0.25, -0.2) is 4.98 Å². The Hall–Kier alpha value is -1.88. The third-order valence-electron chi connectivity index (χ3n) is 8.51. The molecule has 30 heavy (non-hydrogen) atoms. The first kappa shape index (κ1) is 18.9. The van der Waals surface area contributed by atoms with E-state index in [0.717, 1.165) is 48.7 Å². The first-order valence-corrected chi connectivity index (χ1v) is 12.1. The lowest BCUT2D eigenvalue weighted by molar-refractivity contribution is -0.0657. The molecule has 5 heteroatoms. The van der Waals surface area contributed by atoms with Crippen LogP contribution in [0.15, 0.2) is 30.6 Å². The Labute approximate surface area is 179 Å². The fraction of sp³-hybridized carbons (Fsp3) is 0.680. The molecule has 0 atom stereocenters. The van der Waals surface area contributed by atoms with Crippen molar-refractivity contribution < 1.29 is 4.79 Å². The molecule has 0 radical (unpaired) electrons. The predicted molar refractivity (Wildman–Crippen MR) is 117 cm³/mol. The number of likely N-dealkylation sites (tertiary alicyclic amines) is 1. The molecular weight excluding hydrogens is 372 g/mol. The molecule has 3 heterocycles. The highest BCUT2D eigenvalue weighted by Gasteiger charge is 2.51. The van der Waals surface area contributed by atoms with Gasteiger partial charge in [0, 0.05) is 32.0 Å². The average Bonchev–Trinajstić information content (AvgIpc) is 3.41. The normalized spacial score (nSPS) is 32.9. The van der Waals surface area contributed by atoms with Gasteiger partial charge in [0.25, 0.3) is 5.91 Å². The zero-order chi connectivity index (χ0) is 20.1. The molecule has 5 aliphatic rings. The Morgan fingerprint density at radius 2 is 1.77 bits per heavy atom. The maximum atomic E-state index is 13.8. The molecule has 1 amide bonds. The summed E-state index contributed by atoms with van der Waals surface area (Å²) in [6.45, 7) is 5.20. The maximum absolute atomic E-state index is 13.8. The Kier molecular flexibility index (Phi) is 4.63. The Bertz CT molecular complexity index is 893. The third kappa shape index (κ3) is 3.35. The van der Waals surface area contributed by atoms with Crippen LogP contribution in [0.25, 0.3) is 5.65 Å². The van der Waals surface area contributed by atoms with Gasteiger partial charge in [-0.2, -0.15) is 0 Å². The number of rotatable bonds is 6. The monoisotopic (exact) mass is 406 g/mol. The van der Waals surface area contributed by atoms with Crippen LogP contribution in [-0.4, -0.2) is 57.8 Å². The SMILES string of the molecule is O=C(c1cccc2nccn12)N(CCN1CCCC1)CC12CC3CC(CC(C3)C1)C2. The number of carbonyl (C=O) groups excluding carboxylic acids is 1. The van der Waals surface area contributed by atoms with Gasteiger partial charge in [-0.1, -0.05) is 6.07 Å². The van der Waals surface area contributed by atoms with E-state index in [1.54, 1.807) is 6.20 Å². The van der Waals surface area contributed by atoms with Crippen molar-refractivity contribution in [3.05, 3.63) is 36.3 Å². The number of hydrogen-bond donors (Lipinski definition) is 0. The van der Waals surface area contributed by atoms with E-state index in [1.807, 2.05) is 28.8 Å². The van der Waals surface area contributed by atoms with E-state index in [1.165, 1.54) is 64.5 Å². The van der Waals surface area contributed by atoms with Crippen LogP contribution in [0.3, 0.4) is 0 Å². The van der Waals surface area contributed by atoms with Gasteiger partial charge in [0.15, 0.2) is 0 Å². The van der Waals surface area contributed by atoms with Crippen molar-refractivity contribution in [3.63, 3.8) is 0 Å². The summed E-state index contributed by atoms with van der Waals surface area (Å²) >= 11 is 0. The highest BCUT2D eigenvalue weighted by molar-refractivity contribution is 5.93. The number of amides is 1. The molecule has 0 N–H and O–H groups in total. The maximum Gasteiger partial charge on any atom is 0.270 e. The zero-order valence-electron chi connectivity index (χ0n) is 18.0. The minimum atomic E-state index is 0.188. The number of pyridine rings is 1. The number of carbonyl (C=O) groups is 1. The van der Waals surface area contributed by atoms with Crippen molar-refractivity contribution in [1.82, 2.24) is 19.2 Å². The molecule has 2 aromatic rings. The second-order valence-electron chi connectivity index (χ2n) is 10.8. The highest BCUT2D eigenvalue weighted by Crippen LogP contribution is 2.60. The summed E-state index contributed by atoms with van der Waals surface area (Å²) in [7, 11) is 0. The summed E-state index contributed by atoms with van der Waals surface area (Å²) in [6, 6.07) is 5.92. The lowest BCUT2D eigenvalue weighted by atomic mass is 9.49. The molecule has 7 rings (SSSR count). The molecule has 1 saturated heterocycles. The first-order chi connectivity index (χ1) is 14.7. The molecule has 0 spiro atoms. The molecule has 4 bridgehead atoms. The largest absolute Gasteiger partial charge is 0.336 e. The van der Waals surface area contributed by atoms with Crippen molar-refractivity contribution in [2.24, 2.45) is 23.2 Å². The minimum Gasteiger partial charge on any atom is -0.336 e. The highest BCUT2D eigenvalue weighted by atomic mass is 16.2. The van der Waals surface area contributed by atoms with Crippen molar-refractivity contribution in [1.29, 1.82) is 0 Å². The topological polar surface area (TPSA) is 40.9 Å². The van der Waals surface area contributed by atoms with Gasteiger partial charge in [-0.3, -0.25) is 9.20 Å². The Balaban J connectivity index is 1.27. The van der Waals surface area contributed by atoms with Crippen LogP contribution in [0.5, 0.6) is 0 Å². The van der Waals surface area contributed by atoms with Crippen LogP contribution in [0.1, 0.15) is 61.9 Å². The fourth-order valence-corrected chi connectivity index (χ4v) is 7.69. The summed E-state index contributed by atoms with van der Waals surface area (Å²) in [6.07, 6.45) is 14.7. The standard InChI is InChI=1S/C25H34N4O/c30-24(22-4-3-5-23-26-6-9-29(22)23)28(11-10-27-7-1-2-8-27)18-25-15-19-12-20(16-25)14-21(13-19)17-25/h3-6,9,19-21H,1-2,7-8,10-18H2. The Morgan fingerprint density at radius 3 is 2.47 bits per heavy atom. The molecule has 2 aromatic heterocycles. The fourth-order valence-electron chi connectivity index (χ4n) is 7.69. The van der Waals surface area contributed by atoms with Crippen molar-refractivity contribution in [3.8, 4) is 0 Å². The second-order valence-corrected chi connectivity index (χ2v) is 10.8. The summed E-state index contributed by atoms with van der Waals surface area (Å²) in [5.41, 5.74) is 1.99. The number of hydrogen-bond acceptors (Lipinski definition) is 3. The third-order valence-corrected chi connectivity index (χ3v) is 8.51. The number of fused-ring (bicyclic) bond motifs is 1. The number of nitrogens with zero attached hydrogens (tertiary/aromatic N) is 4. The molecule has 0 unspecified atom stereocenters. The van der Waals surface area contributed by atoms with E-state index in [9.17, 15) is 4.79 Å². The quantitative estimate of drug-likeness (QED) is 0.726. The van der Waals surface area contributed by atoms with Crippen LogP contribution in [-0.2, 0) is 0 Å². The van der Waals surface area contributed by atoms with Gasteiger partial charge < -0.3 is 9.80 Å². The average molecular weight is 407 g/mol. The van der Waals surface area contributed by atoms with Crippen molar-refractivity contribution in [2.75, 3.05) is 32.7 Å². The minimum absolute atomic E-state index is 0.188. The first-order valence-electron chi connectivity index (χ1n) is 12.1. The van der Waals surface area contributed by atoms with Gasteiger partial charge >= 0.3 is 0 Å². The lowest BCUT2D eigenvalue weighted by Gasteiger charge is -2.57. The summed E-state index contributed by atoms with van der Waals surface area (Å²) in [5.74, 6) is 2.95. The lowest BCUT2D eigenvalue weighted by Crippen LogP contribution is -2.53. The van der Waals surface area contributed by atoms with Crippen molar-refractivity contribution >= 4 is 11.6 Å². The van der Waals surface area contributed by atoms with Crippen LogP contribution in [0, 0.1) is 23.2 Å². The summed E-state index contributed by atoms with van der Waals surface area (Å²) in [4.78, 5) is 23.0. The molecule has 5 nitrogen and oxygen atoms in total. The summed E-state index contributed by atoms with van der Waals surface area (Å²) < 4.78 is 1.96. The number of imidazole rings is 1. The van der Waals surface area contributed by atoms with Gasteiger partial charge in [0.2, 0.25) is 0 Å². The van der Waals surface area contributed by atoms with Crippen LogP contribution in [0.4, 0.5) is 0 Å². The molecule has 1 aliphatic heterocycles. The molecule has 4 saturated carbocycles. The van der Waals surface area contributed by atoms with Gasteiger partial charge in [0.05, 0.1) is 0 Å². The molecule has 5 fully saturated rings. The van der Waals surface area contributed by atoms with Crippen LogP contribution >= 0.6 is 0 Å². The number of aromatic nitrogens is 2. The smallest absolute Gasteiger partial charge is 0.270 e. The zero-order valence-corrected chi connectivity index (χ0v) is 18.0. The van der Waals surface area contributed by atoms with E-state index in [2.05, 4.69) is 14.8 Å². The second kappa shape index (κ2) is 7.37. The summed E-state index contributed by atoms with van der Waals surface area (Å²) in [5, 5.41) is 0. The predicted octanol–water partition coefficient (Wildman–Crippen LogP) is 4.09. The molecular formula is C25H34N4O. The molecule has 4 aliphatic carbocycles. The van der Waals surface area contributed by atoms with E-state index in [0.29, 0.717) is 5.41 Å². The van der Waals surface area contributed by atoms with Crippen LogP contribution < -0.4 is 0 Å². The van der Waals surface area contributed by atoms with Crippen LogP contribution in [0.2, 0.25) is 0 Å². The van der Waals surface area contributed by atoms with Gasteiger partial charge in [-0.15, -0.1) is 0 Å². The van der Waals surface area contributed by atoms with E-state index in [4.69, 9.17) is 0 Å². The van der Waals surface area contributed by atoms with E-state index >= 15 is 0 Å². The van der Waals surface area contributed by atoms with Crippen molar-refractivity contribution in [2.45, 2.75) is 51.4 Å². The molecule has 160 valence electrons.